The third-order valence-corrected chi connectivity index (χ3v) is 7.49. The fourth-order valence-electron chi connectivity index (χ4n) is 3.77. The van der Waals surface area contributed by atoms with Crippen molar-refractivity contribution >= 4 is 38.9 Å². The van der Waals surface area contributed by atoms with Gasteiger partial charge in [0.2, 0.25) is 0 Å². The summed E-state index contributed by atoms with van der Waals surface area (Å²) in [4.78, 5) is 15.2. The molecule has 0 unspecified atom stereocenters. The molecule has 3 aromatic rings. The Labute approximate surface area is 181 Å². The molecule has 1 aliphatic rings. The highest BCUT2D eigenvalue weighted by Gasteiger charge is 2.32. The lowest BCUT2D eigenvalue weighted by atomic mass is 10.1. The molecule has 0 bridgehead atoms. The van der Waals surface area contributed by atoms with Gasteiger partial charge in [-0.25, -0.2) is 8.42 Å². The van der Waals surface area contributed by atoms with Crippen LogP contribution in [-0.4, -0.2) is 27.4 Å². The molecule has 0 N–H and O–H groups in total. The molecule has 0 aromatic heterocycles. The van der Waals surface area contributed by atoms with E-state index in [0.29, 0.717) is 11.3 Å². The van der Waals surface area contributed by atoms with Crippen molar-refractivity contribution < 1.29 is 13.2 Å². The summed E-state index contributed by atoms with van der Waals surface area (Å²) in [5.74, 6) is -0.197. The molecule has 1 heterocycles. The van der Waals surface area contributed by atoms with Crippen molar-refractivity contribution in [1.82, 2.24) is 0 Å². The molecule has 0 saturated heterocycles. The van der Waals surface area contributed by atoms with Crippen LogP contribution in [0.2, 0.25) is 5.02 Å². The zero-order valence-electron chi connectivity index (χ0n) is 16.6. The van der Waals surface area contributed by atoms with Gasteiger partial charge in [-0.2, -0.15) is 0 Å². The van der Waals surface area contributed by atoms with Crippen LogP contribution in [-0.2, 0) is 16.4 Å². The van der Waals surface area contributed by atoms with E-state index in [0.717, 1.165) is 22.0 Å². The summed E-state index contributed by atoms with van der Waals surface area (Å²) in [5.41, 5.74) is 2.74. The number of anilines is 2. The van der Waals surface area contributed by atoms with Gasteiger partial charge in [-0.3, -0.25) is 9.10 Å². The molecule has 3 aromatic carbocycles. The molecule has 0 fully saturated rings. The Kier molecular flexibility index (Phi) is 5.30. The molecule has 30 heavy (non-hydrogen) atoms. The van der Waals surface area contributed by atoms with Gasteiger partial charge in [0.15, 0.2) is 0 Å². The van der Waals surface area contributed by atoms with Crippen molar-refractivity contribution in [3.05, 3.63) is 88.9 Å². The Bertz CT molecular complexity index is 1210. The van der Waals surface area contributed by atoms with Gasteiger partial charge >= 0.3 is 0 Å². The number of hydrogen-bond acceptors (Lipinski definition) is 3. The third-order valence-electron chi connectivity index (χ3n) is 5.37. The van der Waals surface area contributed by atoms with Crippen LogP contribution >= 0.6 is 11.6 Å². The van der Waals surface area contributed by atoms with Gasteiger partial charge < -0.3 is 4.90 Å². The molecular formula is C23H21ClN2O3S. The van der Waals surface area contributed by atoms with E-state index in [-0.39, 0.29) is 21.9 Å². The van der Waals surface area contributed by atoms with E-state index in [1.54, 1.807) is 35.2 Å². The lowest BCUT2D eigenvalue weighted by Crippen LogP contribution is -2.36. The largest absolute Gasteiger partial charge is 0.305 e. The van der Waals surface area contributed by atoms with Crippen LogP contribution in [0.3, 0.4) is 0 Å². The number of rotatable bonds is 4. The maximum Gasteiger partial charge on any atom is 0.264 e. The number of amides is 1. The normalized spacial score (nSPS) is 15.7. The van der Waals surface area contributed by atoms with Crippen molar-refractivity contribution in [3.8, 4) is 0 Å². The summed E-state index contributed by atoms with van der Waals surface area (Å²) in [6.07, 6.45) is 0.787. The van der Waals surface area contributed by atoms with Gasteiger partial charge in [0.1, 0.15) is 0 Å². The van der Waals surface area contributed by atoms with Crippen molar-refractivity contribution in [2.24, 2.45) is 0 Å². The number of hydrogen-bond donors (Lipinski definition) is 0. The lowest BCUT2D eigenvalue weighted by molar-refractivity contribution is 0.0981. The average molecular weight is 441 g/mol. The molecule has 0 radical (unpaired) electrons. The van der Waals surface area contributed by atoms with E-state index in [4.69, 9.17) is 11.6 Å². The van der Waals surface area contributed by atoms with Crippen LogP contribution in [0, 0.1) is 0 Å². The van der Waals surface area contributed by atoms with Crippen LogP contribution < -0.4 is 9.21 Å². The number of nitrogens with zero attached hydrogens (tertiary/aromatic N) is 2. The summed E-state index contributed by atoms with van der Waals surface area (Å²) in [6, 6.07) is 20.7. The van der Waals surface area contributed by atoms with Gasteiger partial charge in [-0.05, 0) is 55.3 Å². The van der Waals surface area contributed by atoms with E-state index in [1.165, 1.54) is 25.2 Å². The Morgan fingerprint density at radius 1 is 1.03 bits per heavy atom. The van der Waals surface area contributed by atoms with Crippen molar-refractivity contribution in [2.75, 3.05) is 16.3 Å². The van der Waals surface area contributed by atoms with E-state index in [2.05, 4.69) is 0 Å². The first-order valence-corrected chi connectivity index (χ1v) is 11.4. The van der Waals surface area contributed by atoms with E-state index in [1.807, 2.05) is 31.2 Å². The number of carbonyl (C=O) groups is 1. The summed E-state index contributed by atoms with van der Waals surface area (Å²) in [6.45, 7) is 2.00. The first kappa shape index (κ1) is 20.4. The highest BCUT2D eigenvalue weighted by atomic mass is 35.5. The summed E-state index contributed by atoms with van der Waals surface area (Å²) in [5, 5.41) is 0.212. The van der Waals surface area contributed by atoms with Crippen LogP contribution in [0.4, 0.5) is 11.4 Å². The molecule has 0 saturated carbocycles. The van der Waals surface area contributed by atoms with E-state index in [9.17, 15) is 13.2 Å². The average Bonchev–Trinajstić information content (AvgIpc) is 3.09. The molecule has 0 spiro atoms. The number of para-hydroxylation sites is 1. The maximum absolute atomic E-state index is 13.3. The SMILES string of the molecule is C[C@H]1Cc2ccccc2N1C(=O)c1ccc(N(C)S(=O)(=O)c2ccccc2)cc1Cl. The third kappa shape index (κ3) is 3.46. The molecule has 5 nitrogen and oxygen atoms in total. The second-order valence-electron chi connectivity index (χ2n) is 7.31. The molecule has 1 amide bonds. The zero-order valence-corrected chi connectivity index (χ0v) is 18.2. The number of carbonyl (C=O) groups excluding carboxylic acids is 1. The molecule has 7 heteroatoms. The quantitative estimate of drug-likeness (QED) is 0.587. The second-order valence-corrected chi connectivity index (χ2v) is 9.68. The van der Waals surface area contributed by atoms with Crippen LogP contribution in [0.1, 0.15) is 22.8 Å². The van der Waals surface area contributed by atoms with Crippen LogP contribution in [0.15, 0.2) is 77.7 Å². The van der Waals surface area contributed by atoms with Crippen LogP contribution in [0.25, 0.3) is 0 Å². The second kappa shape index (κ2) is 7.78. The first-order chi connectivity index (χ1) is 14.3. The minimum atomic E-state index is -3.73. The van der Waals surface area contributed by atoms with E-state index >= 15 is 0 Å². The highest BCUT2D eigenvalue weighted by Crippen LogP contribution is 2.35. The van der Waals surface area contributed by atoms with E-state index < -0.39 is 10.0 Å². The minimum absolute atomic E-state index is 0.0202. The predicted molar refractivity (Wildman–Crippen MR) is 120 cm³/mol. The Hall–Kier alpha value is -2.83. The molecule has 0 aliphatic carbocycles. The van der Waals surface area contributed by atoms with Gasteiger partial charge in [-0.15, -0.1) is 0 Å². The summed E-state index contributed by atoms with van der Waals surface area (Å²) in [7, 11) is -2.26. The fraction of sp³-hybridized carbons (Fsp3) is 0.174. The number of sulfonamides is 1. The highest BCUT2D eigenvalue weighted by molar-refractivity contribution is 7.92. The number of halogens is 1. The van der Waals surface area contributed by atoms with Gasteiger partial charge in [-0.1, -0.05) is 48.0 Å². The van der Waals surface area contributed by atoms with Crippen molar-refractivity contribution in [1.29, 1.82) is 0 Å². The predicted octanol–water partition coefficient (Wildman–Crippen LogP) is 4.76. The molecule has 1 atom stereocenters. The molecule has 4 rings (SSSR count). The standard InChI is InChI=1S/C23H21ClN2O3S/c1-16-14-17-8-6-7-11-22(17)26(16)23(27)20-13-12-18(15-21(20)24)25(2)30(28,29)19-9-4-3-5-10-19/h3-13,15-16H,14H2,1-2H3/t16-/m0/s1. The maximum atomic E-state index is 13.3. The summed E-state index contributed by atoms with van der Waals surface area (Å²) >= 11 is 6.45. The molecule has 1 aliphatic heterocycles. The van der Waals surface area contributed by atoms with Gasteiger partial charge in [0, 0.05) is 18.8 Å². The van der Waals surface area contributed by atoms with Crippen molar-refractivity contribution in [2.45, 2.75) is 24.3 Å². The van der Waals surface area contributed by atoms with Gasteiger partial charge in [0.05, 0.1) is 21.2 Å². The van der Waals surface area contributed by atoms with Gasteiger partial charge in [0.25, 0.3) is 15.9 Å². The Morgan fingerprint density at radius 2 is 1.70 bits per heavy atom. The number of fused-ring (bicyclic) bond motifs is 1. The molecular weight excluding hydrogens is 420 g/mol. The number of benzene rings is 3. The first-order valence-electron chi connectivity index (χ1n) is 9.55. The Morgan fingerprint density at radius 3 is 2.40 bits per heavy atom. The Balaban J connectivity index is 1.65. The van der Waals surface area contributed by atoms with Crippen LogP contribution in [0.5, 0.6) is 0 Å². The summed E-state index contributed by atoms with van der Waals surface area (Å²) < 4.78 is 26.9. The fourth-order valence-corrected chi connectivity index (χ4v) is 5.23. The lowest BCUT2D eigenvalue weighted by Gasteiger charge is -2.24. The van der Waals surface area contributed by atoms with Crippen molar-refractivity contribution in [3.63, 3.8) is 0 Å². The molecule has 154 valence electrons. The monoisotopic (exact) mass is 440 g/mol. The topological polar surface area (TPSA) is 57.7 Å². The minimum Gasteiger partial charge on any atom is -0.305 e. The smallest absolute Gasteiger partial charge is 0.264 e. The zero-order chi connectivity index (χ0) is 21.5.